The largest absolute Gasteiger partial charge is 0.338 e. The van der Waals surface area contributed by atoms with E-state index in [2.05, 4.69) is 23.8 Å². The average Bonchev–Trinajstić information content (AvgIpc) is 2.68. The average molecular weight is 253 g/mol. The molecule has 4 heteroatoms. The summed E-state index contributed by atoms with van der Waals surface area (Å²) < 4.78 is 0. The van der Waals surface area contributed by atoms with E-state index in [0.29, 0.717) is 11.9 Å². The van der Waals surface area contributed by atoms with Gasteiger partial charge in [-0.05, 0) is 39.3 Å². The van der Waals surface area contributed by atoms with Gasteiger partial charge in [-0.15, -0.1) is 0 Å². The van der Waals surface area contributed by atoms with Crippen molar-refractivity contribution < 1.29 is 4.79 Å². The first-order valence-electron chi connectivity index (χ1n) is 7.38. The number of nitrogens with two attached hydrogens (primary N) is 1. The number of hydrogen-bond acceptors (Lipinski definition) is 3. The van der Waals surface area contributed by atoms with E-state index >= 15 is 0 Å². The minimum atomic E-state index is 0.0856. The lowest BCUT2D eigenvalue weighted by Crippen LogP contribution is -2.48. The summed E-state index contributed by atoms with van der Waals surface area (Å²) in [7, 11) is 2.15. The highest BCUT2D eigenvalue weighted by molar-refractivity contribution is 5.80. The van der Waals surface area contributed by atoms with Crippen LogP contribution < -0.4 is 5.73 Å². The summed E-state index contributed by atoms with van der Waals surface area (Å²) in [5, 5.41) is 0. The molecule has 0 aromatic rings. The van der Waals surface area contributed by atoms with Gasteiger partial charge in [-0.25, -0.2) is 0 Å². The maximum Gasteiger partial charge on any atom is 0.227 e. The molecule has 104 valence electrons. The molecule has 0 aromatic heterocycles. The molecule has 0 spiro atoms. The van der Waals surface area contributed by atoms with E-state index in [-0.39, 0.29) is 12.0 Å². The number of hydrogen-bond donors (Lipinski definition) is 1. The van der Waals surface area contributed by atoms with Gasteiger partial charge < -0.3 is 15.5 Å². The van der Waals surface area contributed by atoms with E-state index in [4.69, 9.17) is 5.73 Å². The van der Waals surface area contributed by atoms with Gasteiger partial charge in [0.2, 0.25) is 5.91 Å². The maximum atomic E-state index is 12.7. The predicted octanol–water partition coefficient (Wildman–Crippen LogP) is 1.06. The SMILES string of the molecule is CCC1CN(C)CCCN1C(=O)C1CCCC1N. The molecule has 1 saturated carbocycles. The third-order valence-corrected chi connectivity index (χ3v) is 4.54. The Morgan fingerprint density at radius 2 is 2.06 bits per heavy atom. The summed E-state index contributed by atoms with van der Waals surface area (Å²) in [5.74, 6) is 0.407. The number of amides is 1. The van der Waals surface area contributed by atoms with E-state index in [0.717, 1.165) is 51.7 Å². The van der Waals surface area contributed by atoms with Gasteiger partial charge in [-0.2, -0.15) is 0 Å². The van der Waals surface area contributed by atoms with Crippen molar-refractivity contribution in [2.45, 2.75) is 51.1 Å². The Labute approximate surface area is 110 Å². The lowest BCUT2D eigenvalue weighted by atomic mass is 10.0. The fourth-order valence-electron chi connectivity index (χ4n) is 3.39. The summed E-state index contributed by atoms with van der Waals surface area (Å²) in [6, 6.07) is 0.466. The van der Waals surface area contributed by atoms with Crippen molar-refractivity contribution in [3.05, 3.63) is 0 Å². The fraction of sp³-hybridized carbons (Fsp3) is 0.929. The molecule has 1 saturated heterocycles. The van der Waals surface area contributed by atoms with Crippen molar-refractivity contribution in [2.24, 2.45) is 11.7 Å². The second-order valence-electron chi connectivity index (χ2n) is 5.91. The molecular formula is C14H27N3O. The van der Waals surface area contributed by atoms with Crippen LogP contribution in [0.5, 0.6) is 0 Å². The third-order valence-electron chi connectivity index (χ3n) is 4.54. The number of rotatable bonds is 2. The van der Waals surface area contributed by atoms with Gasteiger partial charge in [0.05, 0.1) is 5.92 Å². The van der Waals surface area contributed by atoms with E-state index in [1.165, 1.54) is 0 Å². The highest BCUT2D eigenvalue weighted by Gasteiger charge is 2.36. The Kier molecular flexibility index (Phi) is 4.62. The zero-order chi connectivity index (χ0) is 13.1. The summed E-state index contributed by atoms with van der Waals surface area (Å²) >= 11 is 0. The molecule has 0 radical (unpaired) electrons. The second kappa shape index (κ2) is 6.02. The summed E-state index contributed by atoms with van der Waals surface area (Å²) in [5.41, 5.74) is 6.08. The molecule has 0 bridgehead atoms. The molecule has 1 aliphatic carbocycles. The third kappa shape index (κ3) is 2.86. The summed E-state index contributed by atoms with van der Waals surface area (Å²) in [4.78, 5) is 17.1. The van der Waals surface area contributed by atoms with E-state index < -0.39 is 0 Å². The van der Waals surface area contributed by atoms with Gasteiger partial charge in [-0.3, -0.25) is 4.79 Å². The van der Waals surface area contributed by atoms with Crippen molar-refractivity contribution in [1.82, 2.24) is 9.80 Å². The first-order chi connectivity index (χ1) is 8.63. The van der Waals surface area contributed by atoms with Gasteiger partial charge in [0, 0.05) is 25.2 Å². The summed E-state index contributed by atoms with van der Waals surface area (Å²) in [6.07, 6.45) is 5.24. The van der Waals surface area contributed by atoms with E-state index in [9.17, 15) is 4.79 Å². The molecule has 18 heavy (non-hydrogen) atoms. The number of carbonyl (C=O) groups is 1. The molecule has 4 nitrogen and oxygen atoms in total. The van der Waals surface area contributed by atoms with Crippen molar-refractivity contribution in [3.8, 4) is 0 Å². The van der Waals surface area contributed by atoms with Crippen LogP contribution in [-0.4, -0.2) is 54.5 Å². The van der Waals surface area contributed by atoms with Crippen molar-refractivity contribution >= 4 is 5.91 Å². The first-order valence-corrected chi connectivity index (χ1v) is 7.38. The van der Waals surface area contributed by atoms with Crippen LogP contribution in [0.3, 0.4) is 0 Å². The molecular weight excluding hydrogens is 226 g/mol. The van der Waals surface area contributed by atoms with Crippen molar-refractivity contribution in [3.63, 3.8) is 0 Å². The Balaban J connectivity index is 2.06. The standard InChI is InChI=1S/C14H27N3O/c1-3-11-10-16(2)8-5-9-17(11)14(18)12-6-4-7-13(12)15/h11-13H,3-10,15H2,1-2H3. The van der Waals surface area contributed by atoms with Crippen LogP contribution in [0.2, 0.25) is 0 Å². The molecule has 3 unspecified atom stereocenters. The molecule has 1 heterocycles. The zero-order valence-corrected chi connectivity index (χ0v) is 11.8. The number of carbonyl (C=O) groups excluding carboxylic acids is 1. The van der Waals surface area contributed by atoms with Gasteiger partial charge in [0.15, 0.2) is 0 Å². The quantitative estimate of drug-likeness (QED) is 0.800. The topological polar surface area (TPSA) is 49.6 Å². The Morgan fingerprint density at radius 1 is 1.28 bits per heavy atom. The first kappa shape index (κ1) is 13.8. The molecule has 2 N–H and O–H groups in total. The molecule has 0 aromatic carbocycles. The van der Waals surface area contributed by atoms with Gasteiger partial charge in [0.1, 0.15) is 0 Å². The van der Waals surface area contributed by atoms with Crippen LogP contribution in [0.15, 0.2) is 0 Å². The van der Waals surface area contributed by atoms with Crippen LogP contribution in [0.4, 0.5) is 0 Å². The van der Waals surface area contributed by atoms with Crippen LogP contribution in [-0.2, 0) is 4.79 Å². The minimum absolute atomic E-state index is 0.0856. The summed E-state index contributed by atoms with van der Waals surface area (Å²) in [6.45, 7) is 5.19. The monoisotopic (exact) mass is 253 g/mol. The second-order valence-corrected chi connectivity index (χ2v) is 5.91. The molecule has 1 amide bonds. The van der Waals surface area contributed by atoms with Crippen LogP contribution >= 0.6 is 0 Å². The molecule has 2 rings (SSSR count). The highest BCUT2D eigenvalue weighted by Crippen LogP contribution is 2.27. The van der Waals surface area contributed by atoms with Crippen molar-refractivity contribution in [2.75, 3.05) is 26.7 Å². The Morgan fingerprint density at radius 3 is 2.67 bits per heavy atom. The lowest BCUT2D eigenvalue weighted by molar-refractivity contribution is -0.138. The molecule has 1 aliphatic heterocycles. The highest BCUT2D eigenvalue weighted by atomic mass is 16.2. The molecule has 2 aliphatic rings. The Bertz CT molecular complexity index is 295. The molecule has 3 atom stereocenters. The van der Waals surface area contributed by atoms with Crippen LogP contribution in [0, 0.1) is 5.92 Å². The maximum absolute atomic E-state index is 12.7. The van der Waals surface area contributed by atoms with Crippen LogP contribution in [0.25, 0.3) is 0 Å². The smallest absolute Gasteiger partial charge is 0.227 e. The van der Waals surface area contributed by atoms with Gasteiger partial charge >= 0.3 is 0 Å². The number of nitrogens with zero attached hydrogens (tertiary/aromatic N) is 2. The normalized spacial score (nSPS) is 34.6. The minimum Gasteiger partial charge on any atom is -0.338 e. The van der Waals surface area contributed by atoms with Gasteiger partial charge in [0.25, 0.3) is 0 Å². The number of likely N-dealkylation sites (N-methyl/N-ethyl adjacent to an activating group) is 1. The fourth-order valence-corrected chi connectivity index (χ4v) is 3.39. The lowest BCUT2D eigenvalue weighted by Gasteiger charge is -2.33. The van der Waals surface area contributed by atoms with E-state index in [1.807, 2.05) is 0 Å². The van der Waals surface area contributed by atoms with Crippen LogP contribution in [0.1, 0.15) is 39.0 Å². The van der Waals surface area contributed by atoms with Gasteiger partial charge in [-0.1, -0.05) is 13.3 Å². The molecule has 2 fully saturated rings. The predicted molar refractivity (Wildman–Crippen MR) is 73.2 cm³/mol. The van der Waals surface area contributed by atoms with E-state index in [1.54, 1.807) is 0 Å². The van der Waals surface area contributed by atoms with Crippen molar-refractivity contribution in [1.29, 1.82) is 0 Å². The Hall–Kier alpha value is -0.610. The zero-order valence-electron chi connectivity index (χ0n) is 11.8.